The van der Waals surface area contributed by atoms with E-state index >= 15 is 0 Å². The molecule has 1 fully saturated rings. The fraction of sp³-hybridized carbons (Fsp3) is 0.667. The molecule has 116 valence electrons. The molecule has 1 heterocycles. The van der Waals surface area contributed by atoms with Gasteiger partial charge in [0.2, 0.25) is 0 Å². The molecule has 0 saturated heterocycles. The second-order valence-corrected chi connectivity index (χ2v) is 6.12. The molecule has 0 aromatic carbocycles. The maximum absolute atomic E-state index is 11.2. The lowest BCUT2D eigenvalue weighted by atomic mass is 9.68. The molecule has 0 radical (unpaired) electrons. The Morgan fingerprint density at radius 2 is 2.24 bits per heavy atom. The van der Waals surface area contributed by atoms with Crippen LogP contribution in [0.25, 0.3) is 0 Å². The van der Waals surface area contributed by atoms with Gasteiger partial charge >= 0.3 is 0 Å². The van der Waals surface area contributed by atoms with Gasteiger partial charge < -0.3 is 10.8 Å². The number of rotatable bonds is 4. The lowest BCUT2D eigenvalue weighted by Gasteiger charge is -2.40. The Bertz CT molecular complexity index is 547. The number of aryl methyl sites for hydroxylation is 1. The van der Waals surface area contributed by atoms with E-state index in [0.717, 1.165) is 25.7 Å². The van der Waals surface area contributed by atoms with Gasteiger partial charge in [0.1, 0.15) is 0 Å². The molecule has 0 bridgehead atoms. The minimum Gasteiger partial charge on any atom is -0.392 e. The van der Waals surface area contributed by atoms with Crippen molar-refractivity contribution in [2.24, 2.45) is 11.1 Å². The molecule has 1 saturated carbocycles. The van der Waals surface area contributed by atoms with E-state index in [0.29, 0.717) is 29.8 Å². The minimum atomic E-state index is -0.460. The van der Waals surface area contributed by atoms with Gasteiger partial charge in [-0.1, -0.05) is 12.8 Å². The Labute approximate surface area is 124 Å². The summed E-state index contributed by atoms with van der Waals surface area (Å²) in [6.07, 6.45) is 5.19. The number of nitro groups is 1. The summed E-state index contributed by atoms with van der Waals surface area (Å²) in [5.74, 6) is 0. The van der Waals surface area contributed by atoms with Gasteiger partial charge in [0.25, 0.3) is 5.69 Å². The Balaban J connectivity index is 2.38. The molecule has 1 aromatic heterocycles. The summed E-state index contributed by atoms with van der Waals surface area (Å²) in [6.45, 7) is 3.79. The van der Waals surface area contributed by atoms with Gasteiger partial charge in [-0.05, 0) is 33.1 Å². The first-order valence-corrected chi connectivity index (χ1v) is 7.39. The third-order valence-electron chi connectivity index (χ3n) is 4.79. The van der Waals surface area contributed by atoms with Crippen LogP contribution in [0.1, 0.15) is 42.5 Å². The quantitative estimate of drug-likeness (QED) is 0.653. The second kappa shape index (κ2) is 6.07. The zero-order valence-corrected chi connectivity index (χ0v) is 12.6. The highest BCUT2D eigenvalue weighted by Crippen LogP contribution is 2.39. The Morgan fingerprint density at radius 3 is 2.81 bits per heavy atom. The van der Waals surface area contributed by atoms with E-state index in [9.17, 15) is 15.2 Å². The van der Waals surface area contributed by atoms with Crippen molar-refractivity contribution in [2.75, 3.05) is 6.54 Å². The average molecular weight is 293 g/mol. The SMILES string of the molecule is Cc1cnc(CC2(CN)CCCCC2O)c(C)c1[N+](=O)[O-]. The first-order valence-electron chi connectivity index (χ1n) is 7.39. The van der Waals surface area contributed by atoms with Crippen molar-refractivity contribution in [3.63, 3.8) is 0 Å². The van der Waals surface area contributed by atoms with Crippen molar-refractivity contribution in [1.29, 1.82) is 0 Å². The number of hydrogen-bond acceptors (Lipinski definition) is 5. The summed E-state index contributed by atoms with van der Waals surface area (Å²) in [6, 6.07) is 0. The molecule has 2 unspecified atom stereocenters. The van der Waals surface area contributed by atoms with Crippen LogP contribution in [0, 0.1) is 29.4 Å². The maximum Gasteiger partial charge on any atom is 0.278 e. The van der Waals surface area contributed by atoms with Crippen LogP contribution in [0.5, 0.6) is 0 Å². The summed E-state index contributed by atoms with van der Waals surface area (Å²) in [4.78, 5) is 15.2. The topological polar surface area (TPSA) is 102 Å². The molecular formula is C15H23N3O3. The summed E-state index contributed by atoms with van der Waals surface area (Å²) in [7, 11) is 0. The maximum atomic E-state index is 11.2. The van der Waals surface area contributed by atoms with Gasteiger partial charge in [-0.15, -0.1) is 0 Å². The number of nitrogens with two attached hydrogens (primary N) is 1. The molecule has 0 aliphatic heterocycles. The van der Waals surface area contributed by atoms with Crippen LogP contribution in [0.3, 0.4) is 0 Å². The standard InChI is InChI=1S/C15H23N3O3/c1-10-8-17-12(11(2)14(10)18(20)21)7-15(9-16)6-4-3-5-13(15)19/h8,13,19H,3-7,9,16H2,1-2H3. The number of aromatic nitrogens is 1. The molecule has 0 spiro atoms. The monoisotopic (exact) mass is 293 g/mol. The molecule has 1 aliphatic carbocycles. The molecule has 21 heavy (non-hydrogen) atoms. The first kappa shape index (κ1) is 15.9. The van der Waals surface area contributed by atoms with Crippen molar-refractivity contribution in [2.45, 2.75) is 52.1 Å². The van der Waals surface area contributed by atoms with Crippen molar-refractivity contribution in [1.82, 2.24) is 4.98 Å². The second-order valence-electron chi connectivity index (χ2n) is 6.12. The lowest BCUT2D eigenvalue weighted by Crippen LogP contribution is -2.46. The van der Waals surface area contributed by atoms with Crippen LogP contribution in [-0.4, -0.2) is 27.7 Å². The number of nitrogens with zero attached hydrogens (tertiary/aromatic N) is 2. The number of hydrogen-bond donors (Lipinski definition) is 2. The molecular weight excluding hydrogens is 270 g/mol. The van der Waals surface area contributed by atoms with Gasteiger partial charge in [0.05, 0.1) is 16.7 Å². The smallest absolute Gasteiger partial charge is 0.278 e. The van der Waals surface area contributed by atoms with Gasteiger partial charge in [0, 0.05) is 29.3 Å². The lowest BCUT2D eigenvalue weighted by molar-refractivity contribution is -0.386. The summed E-state index contributed by atoms with van der Waals surface area (Å²) >= 11 is 0. The molecule has 0 amide bonds. The number of pyridine rings is 1. The van der Waals surface area contributed by atoms with E-state index in [4.69, 9.17) is 5.73 Å². The van der Waals surface area contributed by atoms with Gasteiger partial charge in [0.15, 0.2) is 0 Å². The Kier molecular flexibility index (Phi) is 4.58. The van der Waals surface area contributed by atoms with E-state index < -0.39 is 11.5 Å². The predicted octanol–water partition coefficient (Wildman–Crippen LogP) is 2.03. The van der Waals surface area contributed by atoms with Crippen LogP contribution in [0.15, 0.2) is 6.20 Å². The normalized spacial score (nSPS) is 25.8. The molecule has 6 nitrogen and oxygen atoms in total. The van der Waals surface area contributed by atoms with Crippen LogP contribution in [0.2, 0.25) is 0 Å². The molecule has 2 rings (SSSR count). The predicted molar refractivity (Wildman–Crippen MR) is 80.0 cm³/mol. The van der Waals surface area contributed by atoms with Crippen molar-refractivity contribution in [3.8, 4) is 0 Å². The molecule has 1 aromatic rings. The number of aliphatic hydroxyl groups is 1. The van der Waals surface area contributed by atoms with Crippen LogP contribution >= 0.6 is 0 Å². The fourth-order valence-electron chi connectivity index (χ4n) is 3.36. The van der Waals surface area contributed by atoms with Crippen LogP contribution in [-0.2, 0) is 6.42 Å². The molecule has 3 N–H and O–H groups in total. The van der Waals surface area contributed by atoms with Gasteiger partial charge in [-0.3, -0.25) is 15.1 Å². The highest BCUT2D eigenvalue weighted by Gasteiger charge is 2.40. The molecule has 6 heteroatoms. The van der Waals surface area contributed by atoms with Crippen LogP contribution < -0.4 is 5.73 Å². The van der Waals surface area contributed by atoms with Crippen molar-refractivity contribution >= 4 is 5.69 Å². The summed E-state index contributed by atoms with van der Waals surface area (Å²) in [5.41, 5.74) is 7.48. The van der Waals surface area contributed by atoms with Crippen LogP contribution in [0.4, 0.5) is 5.69 Å². The Hall–Kier alpha value is -1.53. The highest BCUT2D eigenvalue weighted by molar-refractivity contribution is 5.47. The van der Waals surface area contributed by atoms with Gasteiger partial charge in [-0.25, -0.2) is 0 Å². The van der Waals surface area contributed by atoms with E-state index in [2.05, 4.69) is 4.98 Å². The zero-order valence-electron chi connectivity index (χ0n) is 12.6. The molecule has 1 aliphatic rings. The number of aliphatic hydroxyl groups excluding tert-OH is 1. The minimum absolute atomic E-state index is 0.123. The van der Waals surface area contributed by atoms with E-state index in [1.54, 1.807) is 20.0 Å². The Morgan fingerprint density at radius 1 is 1.52 bits per heavy atom. The average Bonchev–Trinajstić information content (AvgIpc) is 2.44. The van der Waals surface area contributed by atoms with E-state index in [-0.39, 0.29) is 10.6 Å². The largest absolute Gasteiger partial charge is 0.392 e. The fourth-order valence-corrected chi connectivity index (χ4v) is 3.36. The van der Waals surface area contributed by atoms with Crippen molar-refractivity contribution < 1.29 is 10.0 Å². The third kappa shape index (κ3) is 2.91. The van der Waals surface area contributed by atoms with E-state index in [1.807, 2.05) is 0 Å². The first-order chi connectivity index (χ1) is 9.91. The van der Waals surface area contributed by atoms with E-state index in [1.165, 1.54) is 0 Å². The highest BCUT2D eigenvalue weighted by atomic mass is 16.6. The summed E-state index contributed by atoms with van der Waals surface area (Å²) < 4.78 is 0. The molecule has 2 atom stereocenters. The van der Waals surface area contributed by atoms with Gasteiger partial charge in [-0.2, -0.15) is 0 Å². The summed E-state index contributed by atoms with van der Waals surface area (Å²) in [5, 5.41) is 21.6. The zero-order chi connectivity index (χ0) is 15.6. The van der Waals surface area contributed by atoms with Crippen molar-refractivity contribution in [3.05, 3.63) is 33.1 Å². The third-order valence-corrected chi connectivity index (χ3v) is 4.79.